The van der Waals surface area contributed by atoms with Gasteiger partial charge in [-0.3, -0.25) is 4.79 Å². The summed E-state index contributed by atoms with van der Waals surface area (Å²) in [4.78, 5) is 23.1. The number of nitrogens with one attached hydrogen (secondary N) is 2. The molecule has 0 atom stereocenters. The van der Waals surface area contributed by atoms with E-state index in [4.69, 9.17) is 0 Å². The van der Waals surface area contributed by atoms with E-state index in [9.17, 15) is 9.18 Å². The Morgan fingerprint density at radius 3 is 2.46 bits per heavy atom. The van der Waals surface area contributed by atoms with E-state index in [0.717, 1.165) is 5.69 Å². The molecule has 0 spiro atoms. The summed E-state index contributed by atoms with van der Waals surface area (Å²) in [5.74, 6) is -0.366. The van der Waals surface area contributed by atoms with Crippen LogP contribution >= 0.6 is 0 Å². The molecule has 0 aliphatic heterocycles. The summed E-state index contributed by atoms with van der Waals surface area (Å²) < 4.78 is 13.8. The maximum atomic E-state index is 13.8. The van der Waals surface area contributed by atoms with E-state index in [1.165, 1.54) is 6.07 Å². The van der Waals surface area contributed by atoms with Crippen LogP contribution in [0.1, 0.15) is 21.7 Å². The van der Waals surface area contributed by atoms with Gasteiger partial charge in [0.05, 0.1) is 0 Å². The van der Waals surface area contributed by atoms with Crippen LogP contribution in [0.3, 0.4) is 0 Å². The van der Waals surface area contributed by atoms with Crippen LogP contribution < -0.4 is 15.5 Å². The quantitative estimate of drug-likeness (QED) is 0.681. The number of aryl methyl sites for hydroxylation is 1. The number of halogens is 1. The molecular weight excluding hydrogens is 357 g/mol. The smallest absolute Gasteiger partial charge is 0.274 e. The fourth-order valence-corrected chi connectivity index (χ4v) is 2.62. The average molecular weight is 379 g/mol. The fraction of sp³-hybridized carbons (Fsp3) is 0.190. The Morgan fingerprint density at radius 2 is 1.79 bits per heavy atom. The fourth-order valence-electron chi connectivity index (χ4n) is 2.62. The van der Waals surface area contributed by atoms with E-state index in [1.807, 2.05) is 43.3 Å². The molecule has 6 nitrogen and oxygen atoms in total. The first-order valence-electron chi connectivity index (χ1n) is 8.84. The Kier molecular flexibility index (Phi) is 5.84. The van der Waals surface area contributed by atoms with Crippen molar-refractivity contribution in [2.45, 2.75) is 13.5 Å². The summed E-state index contributed by atoms with van der Waals surface area (Å²) in [5, 5.41) is 5.80. The van der Waals surface area contributed by atoms with Gasteiger partial charge in [-0.05, 0) is 43.3 Å². The average Bonchev–Trinajstić information content (AvgIpc) is 2.67. The lowest BCUT2D eigenvalue weighted by Gasteiger charge is -2.13. The van der Waals surface area contributed by atoms with Crippen molar-refractivity contribution in [1.29, 1.82) is 0 Å². The lowest BCUT2D eigenvalue weighted by atomic mass is 10.2. The zero-order valence-electron chi connectivity index (χ0n) is 16.0. The van der Waals surface area contributed by atoms with Crippen molar-refractivity contribution in [3.63, 3.8) is 0 Å². The predicted molar refractivity (Wildman–Crippen MR) is 109 cm³/mol. The van der Waals surface area contributed by atoms with Crippen molar-refractivity contribution in [2.24, 2.45) is 0 Å². The van der Waals surface area contributed by atoms with Gasteiger partial charge < -0.3 is 15.5 Å². The van der Waals surface area contributed by atoms with E-state index in [1.54, 1.807) is 31.2 Å². The highest BCUT2D eigenvalue weighted by Gasteiger charge is 2.12. The summed E-state index contributed by atoms with van der Waals surface area (Å²) in [7, 11) is 3.90. The third kappa shape index (κ3) is 4.82. The van der Waals surface area contributed by atoms with Crippen molar-refractivity contribution in [3.8, 4) is 0 Å². The lowest BCUT2D eigenvalue weighted by Crippen LogP contribution is -2.16. The van der Waals surface area contributed by atoms with Crippen LogP contribution in [0.25, 0.3) is 0 Å². The van der Waals surface area contributed by atoms with Gasteiger partial charge in [-0.25, -0.2) is 14.4 Å². The molecule has 7 heteroatoms. The summed E-state index contributed by atoms with van der Waals surface area (Å²) in [6, 6.07) is 15.6. The first kappa shape index (κ1) is 19.3. The Morgan fingerprint density at radius 1 is 1.07 bits per heavy atom. The number of nitrogens with zero attached hydrogens (tertiary/aromatic N) is 3. The second kappa shape index (κ2) is 8.47. The van der Waals surface area contributed by atoms with Crippen LogP contribution in [-0.2, 0) is 6.54 Å². The molecule has 0 aliphatic carbocycles. The van der Waals surface area contributed by atoms with Crippen LogP contribution in [0.4, 0.5) is 21.7 Å². The molecule has 28 heavy (non-hydrogen) atoms. The number of carbonyl (C=O) groups excluding carboxylic acids is 1. The molecule has 0 aliphatic rings. The Balaban J connectivity index is 1.71. The monoisotopic (exact) mass is 379 g/mol. The zero-order chi connectivity index (χ0) is 20.1. The van der Waals surface area contributed by atoms with Gasteiger partial charge in [0.15, 0.2) is 0 Å². The number of carbonyl (C=O) groups is 1. The van der Waals surface area contributed by atoms with E-state index in [-0.39, 0.29) is 29.9 Å². The molecule has 2 N–H and O–H groups in total. The van der Waals surface area contributed by atoms with E-state index in [2.05, 4.69) is 20.6 Å². The number of rotatable bonds is 6. The van der Waals surface area contributed by atoms with Gasteiger partial charge >= 0.3 is 0 Å². The molecule has 0 bridgehead atoms. The van der Waals surface area contributed by atoms with Gasteiger partial charge in [-0.2, -0.15) is 0 Å². The van der Waals surface area contributed by atoms with Gasteiger partial charge in [-0.15, -0.1) is 0 Å². The second-order valence-electron chi connectivity index (χ2n) is 6.56. The van der Waals surface area contributed by atoms with Crippen LogP contribution in [0.5, 0.6) is 0 Å². The first-order valence-corrected chi connectivity index (χ1v) is 8.84. The van der Waals surface area contributed by atoms with Crippen LogP contribution in [-0.4, -0.2) is 30.0 Å². The molecule has 1 aromatic heterocycles. The van der Waals surface area contributed by atoms with Gasteiger partial charge in [0, 0.05) is 43.3 Å². The zero-order valence-corrected chi connectivity index (χ0v) is 16.0. The molecule has 1 heterocycles. The minimum absolute atomic E-state index is 0.225. The lowest BCUT2D eigenvalue weighted by molar-refractivity contribution is 0.102. The molecule has 0 fully saturated rings. The number of aromatic nitrogens is 2. The Hall–Kier alpha value is -3.48. The van der Waals surface area contributed by atoms with Gasteiger partial charge in [-0.1, -0.05) is 18.2 Å². The first-order chi connectivity index (χ1) is 13.4. The SMILES string of the molecule is Cc1cc(C(=O)Nc2ccc(N(C)C)cc2)nc(NCc2ccccc2F)n1. The Bertz CT molecular complexity index is 973. The van der Waals surface area contributed by atoms with Gasteiger partial charge in [0.25, 0.3) is 5.91 Å². The van der Waals surface area contributed by atoms with E-state index in [0.29, 0.717) is 16.9 Å². The van der Waals surface area contributed by atoms with Crippen LogP contribution in [0.2, 0.25) is 0 Å². The van der Waals surface area contributed by atoms with Crippen molar-refractivity contribution >= 4 is 23.2 Å². The molecule has 144 valence electrons. The predicted octanol–water partition coefficient (Wildman–Crippen LogP) is 3.85. The molecule has 0 saturated carbocycles. The largest absolute Gasteiger partial charge is 0.378 e. The summed E-state index contributed by atoms with van der Waals surface area (Å²) in [6.07, 6.45) is 0. The number of amides is 1. The van der Waals surface area contributed by atoms with Crippen LogP contribution in [0, 0.1) is 12.7 Å². The van der Waals surface area contributed by atoms with Gasteiger partial charge in [0.2, 0.25) is 5.95 Å². The highest BCUT2D eigenvalue weighted by atomic mass is 19.1. The molecule has 0 saturated heterocycles. The molecule has 1 amide bonds. The molecule has 3 aromatic rings. The molecule has 0 radical (unpaired) electrons. The van der Waals surface area contributed by atoms with E-state index >= 15 is 0 Å². The molecule has 2 aromatic carbocycles. The Labute approximate surface area is 163 Å². The van der Waals surface area contributed by atoms with Crippen LogP contribution in [0.15, 0.2) is 54.6 Å². The highest BCUT2D eigenvalue weighted by molar-refractivity contribution is 6.03. The highest BCUT2D eigenvalue weighted by Crippen LogP contribution is 2.17. The second-order valence-corrected chi connectivity index (χ2v) is 6.56. The standard InChI is InChI=1S/C21H22FN5O/c1-14-12-19(20(28)25-16-8-10-17(11-9-16)27(2)3)26-21(24-14)23-13-15-6-4-5-7-18(15)22/h4-12H,13H2,1-3H3,(H,25,28)(H,23,24,26). The number of hydrogen-bond donors (Lipinski definition) is 2. The van der Waals surface area contributed by atoms with Gasteiger partial charge in [0.1, 0.15) is 11.5 Å². The van der Waals surface area contributed by atoms with Crippen molar-refractivity contribution in [2.75, 3.05) is 29.6 Å². The topological polar surface area (TPSA) is 70.2 Å². The van der Waals surface area contributed by atoms with Crippen molar-refractivity contribution < 1.29 is 9.18 Å². The minimum atomic E-state index is -0.336. The summed E-state index contributed by atoms with van der Waals surface area (Å²) in [5.41, 5.74) is 3.09. The normalized spacial score (nSPS) is 10.4. The summed E-state index contributed by atoms with van der Waals surface area (Å²) >= 11 is 0. The van der Waals surface area contributed by atoms with E-state index < -0.39 is 0 Å². The third-order valence-corrected chi connectivity index (χ3v) is 4.12. The maximum absolute atomic E-state index is 13.8. The minimum Gasteiger partial charge on any atom is -0.378 e. The molecular formula is C21H22FN5O. The summed E-state index contributed by atoms with van der Waals surface area (Å²) in [6.45, 7) is 2.00. The third-order valence-electron chi connectivity index (χ3n) is 4.12. The van der Waals surface area contributed by atoms with Crippen molar-refractivity contribution in [1.82, 2.24) is 9.97 Å². The number of benzene rings is 2. The molecule has 0 unspecified atom stereocenters. The number of anilines is 3. The maximum Gasteiger partial charge on any atom is 0.274 e. The number of hydrogen-bond acceptors (Lipinski definition) is 5. The van der Waals surface area contributed by atoms with Crippen molar-refractivity contribution in [3.05, 3.63) is 77.4 Å². The molecule has 3 rings (SSSR count).